The lowest BCUT2D eigenvalue weighted by Gasteiger charge is -2.30. The average molecular weight is 552 g/mol. The minimum Gasteiger partial charge on any atom is -0.480 e. The molecule has 0 aliphatic carbocycles. The highest BCUT2D eigenvalue weighted by Crippen LogP contribution is 2.21. The molecule has 3 aromatic rings. The highest BCUT2D eigenvalue weighted by molar-refractivity contribution is 5.95. The molecule has 0 spiro atoms. The molecule has 0 saturated carbocycles. The molecule has 12 nitrogen and oxygen atoms in total. The van der Waals surface area contributed by atoms with E-state index < -0.39 is 42.0 Å². The van der Waals surface area contributed by atoms with Crippen LogP contribution in [0.5, 0.6) is 0 Å². The van der Waals surface area contributed by atoms with Gasteiger partial charge in [-0.05, 0) is 30.4 Å². The molecule has 1 fully saturated rings. The number of H-pyrrole nitrogens is 2. The number of carbonyl (C=O) groups excluding carboxylic acids is 3. The number of fused-ring (bicyclic) bond motifs is 1. The van der Waals surface area contributed by atoms with Crippen LogP contribution in [0.3, 0.4) is 0 Å². The molecule has 1 aliphatic rings. The van der Waals surface area contributed by atoms with Crippen LogP contribution in [0.1, 0.15) is 44.4 Å². The Morgan fingerprint density at radius 1 is 1.18 bits per heavy atom. The number of aromatic nitrogens is 3. The van der Waals surface area contributed by atoms with Gasteiger partial charge in [-0.1, -0.05) is 38.5 Å². The van der Waals surface area contributed by atoms with Crippen LogP contribution in [-0.4, -0.2) is 79.4 Å². The van der Waals surface area contributed by atoms with E-state index >= 15 is 0 Å². The quantitative estimate of drug-likeness (QED) is 0.194. The molecule has 5 atom stereocenters. The Morgan fingerprint density at radius 3 is 2.65 bits per heavy atom. The number of nitrogens with one attached hydrogen (secondary N) is 4. The van der Waals surface area contributed by atoms with Gasteiger partial charge >= 0.3 is 5.97 Å². The number of imidazole rings is 1. The molecule has 12 heteroatoms. The second-order valence-corrected chi connectivity index (χ2v) is 10.4. The fourth-order valence-electron chi connectivity index (χ4n) is 5.17. The molecule has 3 amide bonds. The number of likely N-dealkylation sites (tertiary alicyclic amines) is 1. The Morgan fingerprint density at radius 2 is 1.95 bits per heavy atom. The van der Waals surface area contributed by atoms with Crippen LogP contribution in [0.2, 0.25) is 0 Å². The maximum atomic E-state index is 13.4. The normalized spacial score (nSPS) is 18.2. The van der Waals surface area contributed by atoms with Crippen LogP contribution < -0.4 is 16.4 Å². The van der Waals surface area contributed by atoms with Crippen LogP contribution in [0.25, 0.3) is 10.9 Å². The van der Waals surface area contributed by atoms with Gasteiger partial charge in [0, 0.05) is 48.4 Å². The molecule has 4 rings (SSSR count). The van der Waals surface area contributed by atoms with Crippen molar-refractivity contribution in [2.24, 2.45) is 11.7 Å². The Balaban J connectivity index is 1.43. The van der Waals surface area contributed by atoms with Crippen molar-refractivity contribution in [1.29, 1.82) is 0 Å². The van der Waals surface area contributed by atoms with E-state index in [1.807, 2.05) is 38.1 Å². The van der Waals surface area contributed by atoms with E-state index in [-0.39, 0.29) is 24.7 Å². The molecule has 1 saturated heterocycles. The minimum atomic E-state index is -1.19. The van der Waals surface area contributed by atoms with Crippen molar-refractivity contribution in [2.45, 2.75) is 70.1 Å². The number of carboxylic acids is 1. The van der Waals surface area contributed by atoms with E-state index in [4.69, 9.17) is 5.73 Å². The average Bonchev–Trinajstić information content (AvgIpc) is 3.72. The third kappa shape index (κ3) is 6.50. The van der Waals surface area contributed by atoms with Crippen molar-refractivity contribution < 1.29 is 24.3 Å². The van der Waals surface area contributed by atoms with Crippen LogP contribution in [0, 0.1) is 5.92 Å². The molecule has 0 radical (unpaired) electrons. The van der Waals surface area contributed by atoms with Crippen LogP contribution >= 0.6 is 0 Å². The van der Waals surface area contributed by atoms with E-state index in [1.165, 1.54) is 11.2 Å². The zero-order valence-electron chi connectivity index (χ0n) is 22.7. The maximum Gasteiger partial charge on any atom is 0.326 e. The van der Waals surface area contributed by atoms with Gasteiger partial charge in [0.05, 0.1) is 12.4 Å². The first kappa shape index (κ1) is 28.8. The second-order valence-electron chi connectivity index (χ2n) is 10.4. The number of para-hydroxylation sites is 1. The number of aromatic amines is 2. The van der Waals surface area contributed by atoms with Gasteiger partial charge in [0.25, 0.3) is 0 Å². The summed E-state index contributed by atoms with van der Waals surface area (Å²) in [4.78, 5) is 63.5. The molecule has 2 aromatic heterocycles. The number of amides is 3. The zero-order chi connectivity index (χ0) is 28.8. The fourth-order valence-corrected chi connectivity index (χ4v) is 5.17. The van der Waals surface area contributed by atoms with E-state index in [9.17, 15) is 24.3 Å². The third-order valence-corrected chi connectivity index (χ3v) is 7.66. The van der Waals surface area contributed by atoms with Gasteiger partial charge in [-0.3, -0.25) is 14.4 Å². The lowest BCUT2D eigenvalue weighted by Crippen LogP contribution is -2.58. The number of nitrogens with two attached hydrogens (primary N) is 1. The summed E-state index contributed by atoms with van der Waals surface area (Å²) >= 11 is 0. The van der Waals surface area contributed by atoms with Crippen molar-refractivity contribution in [3.8, 4) is 0 Å². The number of carbonyl (C=O) groups is 4. The van der Waals surface area contributed by atoms with E-state index in [1.54, 1.807) is 12.4 Å². The SMILES string of the molecule is CCC(C)C(NC(=O)C1CCCN1C(=O)C(N)Cc1cnc[nH]1)C(=O)NC(Cc1c[nH]c2ccccc12)C(=O)O. The fraction of sp³-hybridized carbons (Fsp3) is 0.464. The zero-order valence-corrected chi connectivity index (χ0v) is 22.7. The van der Waals surface area contributed by atoms with Gasteiger partial charge in [0.2, 0.25) is 17.7 Å². The maximum absolute atomic E-state index is 13.4. The molecule has 40 heavy (non-hydrogen) atoms. The monoisotopic (exact) mass is 551 g/mol. The molecule has 7 N–H and O–H groups in total. The van der Waals surface area contributed by atoms with Crippen molar-refractivity contribution >= 4 is 34.6 Å². The first-order valence-electron chi connectivity index (χ1n) is 13.6. The summed E-state index contributed by atoms with van der Waals surface area (Å²) in [6, 6.07) is 3.75. The molecule has 1 aliphatic heterocycles. The lowest BCUT2D eigenvalue weighted by molar-refractivity contribution is -0.143. The number of benzene rings is 1. The Labute approximate surface area is 232 Å². The van der Waals surface area contributed by atoms with Gasteiger partial charge in [-0.25, -0.2) is 9.78 Å². The smallest absolute Gasteiger partial charge is 0.326 e. The minimum absolute atomic E-state index is 0.0748. The summed E-state index contributed by atoms with van der Waals surface area (Å²) in [6.45, 7) is 4.09. The lowest BCUT2D eigenvalue weighted by atomic mass is 9.96. The largest absolute Gasteiger partial charge is 0.480 e. The highest BCUT2D eigenvalue weighted by Gasteiger charge is 2.39. The standard InChI is InChI=1S/C28H37N7O5/c1-3-16(2)24(26(37)33-22(28(39)40)11-17-13-31-21-8-5-4-7-19(17)21)34-25(36)23-9-6-10-35(23)27(38)20(29)12-18-14-30-15-32-18/h4-5,7-8,13-16,20,22-24,31H,3,6,9-12,29H2,1-2H3,(H,30,32)(H,33,37)(H,34,36)(H,39,40). The molecule has 1 aromatic carbocycles. The van der Waals surface area contributed by atoms with Crippen molar-refractivity contribution in [3.05, 3.63) is 54.2 Å². The first-order chi connectivity index (χ1) is 19.2. The van der Waals surface area contributed by atoms with E-state index in [0.29, 0.717) is 25.8 Å². The summed E-state index contributed by atoms with van der Waals surface area (Å²) in [6.07, 6.45) is 6.83. The number of hydrogen-bond donors (Lipinski definition) is 6. The Bertz CT molecular complexity index is 1340. The van der Waals surface area contributed by atoms with Gasteiger partial charge < -0.3 is 36.3 Å². The van der Waals surface area contributed by atoms with Gasteiger partial charge in [-0.15, -0.1) is 0 Å². The first-order valence-corrected chi connectivity index (χ1v) is 13.6. The van der Waals surface area contributed by atoms with Crippen molar-refractivity contribution in [1.82, 2.24) is 30.5 Å². The number of aliphatic carboxylic acids is 1. The van der Waals surface area contributed by atoms with Crippen molar-refractivity contribution in [2.75, 3.05) is 6.54 Å². The van der Waals surface area contributed by atoms with Crippen molar-refractivity contribution in [3.63, 3.8) is 0 Å². The van der Waals surface area contributed by atoms with Gasteiger partial charge in [0.15, 0.2) is 0 Å². The number of carboxylic acid groups (broad SMARTS) is 1. The second kappa shape index (κ2) is 12.8. The van der Waals surface area contributed by atoms with E-state index in [0.717, 1.165) is 22.2 Å². The molecule has 0 bridgehead atoms. The van der Waals surface area contributed by atoms with Crippen LogP contribution in [0.4, 0.5) is 0 Å². The predicted molar refractivity (Wildman–Crippen MR) is 148 cm³/mol. The molecule has 214 valence electrons. The number of hydrogen-bond acceptors (Lipinski definition) is 6. The number of nitrogens with zero attached hydrogens (tertiary/aromatic N) is 2. The summed E-state index contributed by atoms with van der Waals surface area (Å²) in [5, 5.41) is 16.2. The summed E-state index contributed by atoms with van der Waals surface area (Å²) in [5.74, 6) is -2.84. The third-order valence-electron chi connectivity index (χ3n) is 7.66. The Kier molecular flexibility index (Phi) is 9.20. The Hall–Kier alpha value is -4.19. The van der Waals surface area contributed by atoms with Crippen LogP contribution in [0.15, 0.2) is 43.0 Å². The number of rotatable bonds is 12. The highest BCUT2D eigenvalue weighted by atomic mass is 16.4. The van der Waals surface area contributed by atoms with Gasteiger partial charge in [0.1, 0.15) is 18.1 Å². The molecule has 5 unspecified atom stereocenters. The summed E-state index contributed by atoms with van der Waals surface area (Å²) in [5.41, 5.74) is 8.50. The van der Waals surface area contributed by atoms with Gasteiger partial charge in [-0.2, -0.15) is 0 Å². The molecule has 3 heterocycles. The molecular formula is C28H37N7O5. The summed E-state index contributed by atoms with van der Waals surface area (Å²) in [7, 11) is 0. The topological polar surface area (TPSA) is 186 Å². The summed E-state index contributed by atoms with van der Waals surface area (Å²) < 4.78 is 0. The van der Waals surface area contributed by atoms with Crippen LogP contribution in [-0.2, 0) is 32.0 Å². The molecular weight excluding hydrogens is 514 g/mol. The van der Waals surface area contributed by atoms with E-state index in [2.05, 4.69) is 25.6 Å². The predicted octanol–water partition coefficient (Wildman–Crippen LogP) is 1.09.